The Morgan fingerprint density at radius 2 is 2.05 bits per heavy atom. The molecular weight excluding hydrogens is 262 g/mol. The molecule has 1 amide bonds. The van der Waals surface area contributed by atoms with Gasteiger partial charge in [0.1, 0.15) is 5.69 Å². The van der Waals surface area contributed by atoms with Crippen molar-refractivity contribution in [3.63, 3.8) is 0 Å². The number of carbonyl (C=O) groups excluding carboxylic acids is 1. The van der Waals surface area contributed by atoms with Gasteiger partial charge in [-0.05, 0) is 51.2 Å². The summed E-state index contributed by atoms with van der Waals surface area (Å²) in [6, 6.07) is 5.61. The predicted octanol–water partition coefficient (Wildman–Crippen LogP) is 2.64. The van der Waals surface area contributed by atoms with Gasteiger partial charge < -0.3 is 14.8 Å². The number of amides is 1. The van der Waals surface area contributed by atoms with Crippen LogP contribution in [0.5, 0.6) is 0 Å². The zero-order valence-electron chi connectivity index (χ0n) is 13.2. The molecule has 2 aliphatic rings. The summed E-state index contributed by atoms with van der Waals surface area (Å²) in [7, 11) is 0. The lowest BCUT2D eigenvalue weighted by Gasteiger charge is -2.37. The van der Waals surface area contributed by atoms with E-state index in [-0.39, 0.29) is 5.91 Å². The molecule has 1 aromatic heterocycles. The second-order valence-electron chi connectivity index (χ2n) is 6.44. The van der Waals surface area contributed by atoms with E-state index < -0.39 is 0 Å². The summed E-state index contributed by atoms with van der Waals surface area (Å²) < 4.78 is 2.10. The van der Waals surface area contributed by atoms with E-state index in [1.54, 1.807) is 0 Å². The Hall–Kier alpha value is -1.29. The number of piperidine rings is 1. The smallest absolute Gasteiger partial charge is 0.270 e. The van der Waals surface area contributed by atoms with Crippen molar-refractivity contribution in [3.05, 3.63) is 24.0 Å². The minimum absolute atomic E-state index is 0.210. The van der Waals surface area contributed by atoms with Crippen molar-refractivity contribution in [2.75, 3.05) is 6.54 Å². The summed E-state index contributed by atoms with van der Waals surface area (Å²) in [6.45, 7) is 5.98. The van der Waals surface area contributed by atoms with Crippen molar-refractivity contribution in [1.82, 2.24) is 14.8 Å². The molecule has 2 unspecified atom stereocenters. The Bertz CT molecular complexity index is 484. The Morgan fingerprint density at radius 3 is 2.67 bits per heavy atom. The van der Waals surface area contributed by atoms with Gasteiger partial charge >= 0.3 is 0 Å². The number of carbonyl (C=O) groups is 1. The third kappa shape index (κ3) is 2.86. The molecule has 0 saturated carbocycles. The zero-order chi connectivity index (χ0) is 14.8. The number of aromatic nitrogens is 1. The van der Waals surface area contributed by atoms with Gasteiger partial charge in [-0.3, -0.25) is 4.79 Å². The van der Waals surface area contributed by atoms with E-state index in [1.165, 1.54) is 12.8 Å². The first-order chi connectivity index (χ1) is 10.2. The van der Waals surface area contributed by atoms with Crippen LogP contribution < -0.4 is 5.32 Å². The van der Waals surface area contributed by atoms with Gasteiger partial charge in [0.05, 0.1) is 0 Å². The van der Waals surface area contributed by atoms with Gasteiger partial charge in [0.2, 0.25) is 0 Å². The molecule has 2 bridgehead atoms. The van der Waals surface area contributed by atoms with Crippen molar-refractivity contribution in [2.45, 2.75) is 70.6 Å². The van der Waals surface area contributed by atoms with Crippen LogP contribution in [0.15, 0.2) is 18.3 Å². The van der Waals surface area contributed by atoms with E-state index in [0.717, 1.165) is 38.0 Å². The largest absolute Gasteiger partial charge is 0.344 e. The third-order valence-electron chi connectivity index (χ3n) is 5.00. The highest BCUT2D eigenvalue weighted by molar-refractivity contribution is 5.93. The van der Waals surface area contributed by atoms with E-state index >= 15 is 0 Å². The van der Waals surface area contributed by atoms with Crippen molar-refractivity contribution < 1.29 is 4.79 Å². The number of hydrogen-bond donors (Lipinski definition) is 1. The second kappa shape index (κ2) is 6.22. The Morgan fingerprint density at radius 1 is 1.33 bits per heavy atom. The highest BCUT2D eigenvalue weighted by atomic mass is 16.2. The normalized spacial score (nSPS) is 27.8. The van der Waals surface area contributed by atoms with E-state index in [0.29, 0.717) is 18.1 Å². The van der Waals surface area contributed by atoms with Gasteiger partial charge in [-0.15, -0.1) is 0 Å². The Labute approximate surface area is 127 Å². The summed E-state index contributed by atoms with van der Waals surface area (Å²) in [4.78, 5) is 15.1. The van der Waals surface area contributed by atoms with E-state index in [2.05, 4.69) is 28.6 Å². The minimum Gasteiger partial charge on any atom is -0.344 e. The van der Waals surface area contributed by atoms with Gasteiger partial charge in [0.25, 0.3) is 5.91 Å². The van der Waals surface area contributed by atoms with Crippen molar-refractivity contribution in [3.8, 4) is 0 Å². The molecule has 1 aromatic rings. The van der Waals surface area contributed by atoms with Gasteiger partial charge in [0.15, 0.2) is 0 Å². The van der Waals surface area contributed by atoms with Crippen molar-refractivity contribution >= 4 is 5.91 Å². The van der Waals surface area contributed by atoms with Crippen LogP contribution >= 0.6 is 0 Å². The lowest BCUT2D eigenvalue weighted by atomic mass is 9.98. The maximum Gasteiger partial charge on any atom is 0.270 e. The molecule has 2 aliphatic heterocycles. The Balaban J connectivity index is 1.76. The fourth-order valence-corrected chi connectivity index (χ4v) is 4.04. The first-order valence-corrected chi connectivity index (χ1v) is 8.45. The number of fused-ring (bicyclic) bond motifs is 2. The van der Waals surface area contributed by atoms with E-state index in [4.69, 9.17) is 0 Å². The van der Waals surface area contributed by atoms with E-state index in [9.17, 15) is 4.79 Å². The van der Waals surface area contributed by atoms with Crippen LogP contribution in [0.3, 0.4) is 0 Å². The standard InChI is InChI=1S/C17H27N3O/c1-3-9-19-10-5-6-16(19)17(21)20(4-2)15-11-13-7-8-14(12-15)18-13/h5-6,10,13-15,18H,3-4,7-9,11-12H2,1-2H3. The Kier molecular flexibility index (Phi) is 4.34. The molecule has 4 heteroatoms. The molecule has 3 heterocycles. The molecule has 0 radical (unpaired) electrons. The first-order valence-electron chi connectivity index (χ1n) is 8.45. The van der Waals surface area contributed by atoms with Crippen LogP contribution in [0.1, 0.15) is 56.4 Å². The van der Waals surface area contributed by atoms with Crippen LogP contribution in [0.2, 0.25) is 0 Å². The summed E-state index contributed by atoms with van der Waals surface area (Å²) in [5, 5.41) is 3.66. The fourth-order valence-electron chi connectivity index (χ4n) is 4.04. The van der Waals surface area contributed by atoms with Crippen LogP contribution in [0.4, 0.5) is 0 Å². The highest BCUT2D eigenvalue weighted by Crippen LogP contribution is 2.30. The fraction of sp³-hybridized carbons (Fsp3) is 0.706. The van der Waals surface area contributed by atoms with Gasteiger partial charge in [0, 0.05) is 37.4 Å². The lowest BCUT2D eigenvalue weighted by molar-refractivity contribution is 0.0620. The quantitative estimate of drug-likeness (QED) is 0.905. The predicted molar refractivity (Wildman–Crippen MR) is 84.4 cm³/mol. The van der Waals surface area contributed by atoms with Gasteiger partial charge in [-0.25, -0.2) is 0 Å². The van der Waals surface area contributed by atoms with Crippen LogP contribution in [0, 0.1) is 0 Å². The molecule has 0 aromatic carbocycles. The van der Waals surface area contributed by atoms with Crippen LogP contribution in [-0.2, 0) is 6.54 Å². The highest BCUT2D eigenvalue weighted by Gasteiger charge is 2.37. The van der Waals surface area contributed by atoms with Gasteiger partial charge in [-0.1, -0.05) is 6.92 Å². The molecule has 2 fully saturated rings. The number of aryl methyl sites for hydroxylation is 1. The van der Waals surface area contributed by atoms with E-state index in [1.807, 2.05) is 18.3 Å². The van der Waals surface area contributed by atoms with Crippen molar-refractivity contribution in [1.29, 1.82) is 0 Å². The van der Waals surface area contributed by atoms with Crippen molar-refractivity contribution in [2.24, 2.45) is 0 Å². The summed E-state index contributed by atoms with van der Waals surface area (Å²) in [5.74, 6) is 0.210. The van der Waals surface area contributed by atoms with Crippen LogP contribution in [-0.4, -0.2) is 40.0 Å². The van der Waals surface area contributed by atoms with Crippen LogP contribution in [0.25, 0.3) is 0 Å². The SMILES string of the molecule is CCCn1cccc1C(=O)N(CC)C1CC2CCC(C1)N2. The minimum atomic E-state index is 0.210. The molecule has 2 atom stereocenters. The second-order valence-corrected chi connectivity index (χ2v) is 6.44. The van der Waals surface area contributed by atoms with Gasteiger partial charge in [-0.2, -0.15) is 0 Å². The third-order valence-corrected chi connectivity index (χ3v) is 5.00. The number of hydrogen-bond acceptors (Lipinski definition) is 2. The monoisotopic (exact) mass is 289 g/mol. The summed E-state index contributed by atoms with van der Waals surface area (Å²) in [6.07, 6.45) is 7.86. The first kappa shape index (κ1) is 14.6. The molecule has 116 valence electrons. The number of rotatable bonds is 5. The molecule has 1 N–H and O–H groups in total. The molecule has 4 nitrogen and oxygen atoms in total. The summed E-state index contributed by atoms with van der Waals surface area (Å²) >= 11 is 0. The average molecular weight is 289 g/mol. The average Bonchev–Trinajstić information content (AvgIpc) is 3.07. The number of nitrogens with one attached hydrogen (secondary N) is 1. The zero-order valence-corrected chi connectivity index (χ0v) is 13.2. The molecule has 3 rings (SSSR count). The molecule has 0 spiro atoms. The summed E-state index contributed by atoms with van der Waals surface area (Å²) in [5.41, 5.74) is 0.851. The maximum absolute atomic E-state index is 13.0. The molecule has 0 aliphatic carbocycles. The number of nitrogens with zero attached hydrogens (tertiary/aromatic N) is 2. The molecule has 21 heavy (non-hydrogen) atoms. The maximum atomic E-state index is 13.0. The lowest BCUT2D eigenvalue weighted by Crippen LogP contribution is -2.50. The molecule has 2 saturated heterocycles. The topological polar surface area (TPSA) is 37.3 Å². The molecular formula is C17H27N3O.